The summed E-state index contributed by atoms with van der Waals surface area (Å²) in [6, 6.07) is 23.5. The molecule has 1 amide bonds. The molecule has 0 unspecified atom stereocenters. The third-order valence-electron chi connectivity index (χ3n) is 4.58. The first-order valence-corrected chi connectivity index (χ1v) is 10.9. The fourth-order valence-electron chi connectivity index (χ4n) is 2.98. The lowest BCUT2D eigenvalue weighted by molar-refractivity contribution is -0.112. The van der Waals surface area contributed by atoms with Gasteiger partial charge in [-0.05, 0) is 61.5 Å². The SMILES string of the molecule is CCOc1ccc(NC(=O)/C(C#N)=C/c2cc(Br)ccc2OCc2ccccc2C#N)cc1. The molecule has 0 fully saturated rings. The molecule has 33 heavy (non-hydrogen) atoms. The van der Waals surface area contributed by atoms with Crippen LogP contribution in [0.15, 0.2) is 76.8 Å². The lowest BCUT2D eigenvalue weighted by atomic mass is 10.1. The highest BCUT2D eigenvalue weighted by molar-refractivity contribution is 9.10. The first kappa shape index (κ1) is 23.6. The van der Waals surface area contributed by atoms with Crippen molar-refractivity contribution in [3.05, 3.63) is 93.5 Å². The Hall–Kier alpha value is -4.07. The average molecular weight is 502 g/mol. The maximum absolute atomic E-state index is 12.7. The number of amides is 1. The molecular formula is C26H20BrN3O3. The number of hydrogen-bond donors (Lipinski definition) is 1. The van der Waals surface area contributed by atoms with Gasteiger partial charge in [0.25, 0.3) is 5.91 Å². The van der Waals surface area contributed by atoms with Gasteiger partial charge in [0.1, 0.15) is 29.7 Å². The normalized spacial score (nSPS) is 10.6. The second-order valence-corrected chi connectivity index (χ2v) is 7.74. The molecule has 3 rings (SSSR count). The van der Waals surface area contributed by atoms with Gasteiger partial charge in [0.2, 0.25) is 0 Å². The van der Waals surface area contributed by atoms with Crippen molar-refractivity contribution in [1.29, 1.82) is 10.5 Å². The van der Waals surface area contributed by atoms with Crippen molar-refractivity contribution < 1.29 is 14.3 Å². The minimum atomic E-state index is -0.539. The molecule has 3 aromatic carbocycles. The van der Waals surface area contributed by atoms with Crippen LogP contribution in [0.4, 0.5) is 5.69 Å². The molecule has 0 saturated carbocycles. The molecule has 0 aliphatic heterocycles. The highest BCUT2D eigenvalue weighted by Gasteiger charge is 2.13. The van der Waals surface area contributed by atoms with Gasteiger partial charge in [0, 0.05) is 21.3 Å². The Kier molecular flexibility index (Phi) is 8.24. The number of nitriles is 2. The smallest absolute Gasteiger partial charge is 0.266 e. The summed E-state index contributed by atoms with van der Waals surface area (Å²) in [4.78, 5) is 12.7. The molecule has 0 heterocycles. The minimum absolute atomic E-state index is 0.0794. The zero-order valence-corrected chi connectivity index (χ0v) is 19.4. The van der Waals surface area contributed by atoms with E-state index in [0.717, 1.165) is 10.0 Å². The number of nitrogens with zero attached hydrogens (tertiary/aromatic N) is 2. The Bertz CT molecular complexity index is 1260. The van der Waals surface area contributed by atoms with Crippen LogP contribution in [-0.4, -0.2) is 12.5 Å². The average Bonchev–Trinajstić information content (AvgIpc) is 2.83. The molecule has 0 atom stereocenters. The lowest BCUT2D eigenvalue weighted by Gasteiger charge is -2.11. The van der Waals surface area contributed by atoms with Crippen molar-refractivity contribution in [2.24, 2.45) is 0 Å². The molecule has 1 N–H and O–H groups in total. The number of benzene rings is 3. The van der Waals surface area contributed by atoms with E-state index in [-0.39, 0.29) is 12.2 Å². The molecule has 0 radical (unpaired) electrons. The molecule has 0 aliphatic rings. The first-order valence-electron chi connectivity index (χ1n) is 10.1. The molecule has 0 aromatic heterocycles. The summed E-state index contributed by atoms with van der Waals surface area (Å²) < 4.78 is 12.1. The third kappa shape index (κ3) is 6.46. The number of halogens is 1. The number of anilines is 1. The summed E-state index contributed by atoms with van der Waals surface area (Å²) in [6.45, 7) is 2.61. The van der Waals surface area contributed by atoms with Crippen LogP contribution in [0.25, 0.3) is 6.08 Å². The number of hydrogen-bond acceptors (Lipinski definition) is 5. The first-order chi connectivity index (χ1) is 16.0. The van der Waals surface area contributed by atoms with Crippen molar-refractivity contribution in [3.8, 4) is 23.6 Å². The van der Waals surface area contributed by atoms with Crippen LogP contribution < -0.4 is 14.8 Å². The standard InChI is InChI=1S/C26H20BrN3O3/c1-2-32-24-10-8-23(9-11-24)30-26(31)21(16-29)13-20-14-22(27)7-12-25(20)33-17-19-6-4-3-5-18(19)15-28/h3-14H,2,17H2,1H3,(H,30,31)/b21-13+. The highest BCUT2D eigenvalue weighted by atomic mass is 79.9. The van der Waals surface area contributed by atoms with Crippen molar-refractivity contribution in [2.75, 3.05) is 11.9 Å². The van der Waals surface area contributed by atoms with E-state index in [1.165, 1.54) is 6.08 Å². The Balaban J connectivity index is 1.81. The Morgan fingerprint density at radius 3 is 2.52 bits per heavy atom. The van der Waals surface area contributed by atoms with E-state index in [2.05, 4.69) is 27.3 Å². The summed E-state index contributed by atoms with van der Waals surface area (Å²) >= 11 is 3.41. The van der Waals surface area contributed by atoms with Crippen molar-refractivity contribution in [3.63, 3.8) is 0 Å². The Labute approximate surface area is 200 Å². The fourth-order valence-corrected chi connectivity index (χ4v) is 3.36. The van der Waals surface area contributed by atoms with Gasteiger partial charge >= 0.3 is 0 Å². The van der Waals surface area contributed by atoms with E-state index in [0.29, 0.717) is 34.9 Å². The largest absolute Gasteiger partial charge is 0.494 e. The quantitative estimate of drug-likeness (QED) is 0.308. The van der Waals surface area contributed by atoms with Crippen molar-refractivity contribution in [2.45, 2.75) is 13.5 Å². The van der Waals surface area contributed by atoms with E-state index in [1.807, 2.05) is 25.1 Å². The molecule has 0 spiro atoms. The van der Waals surface area contributed by atoms with Crippen LogP contribution in [0.3, 0.4) is 0 Å². The third-order valence-corrected chi connectivity index (χ3v) is 5.07. The summed E-state index contributed by atoms with van der Waals surface area (Å²) in [5, 5.41) is 21.6. The van der Waals surface area contributed by atoms with E-state index in [4.69, 9.17) is 9.47 Å². The van der Waals surface area contributed by atoms with Gasteiger partial charge in [-0.1, -0.05) is 34.1 Å². The van der Waals surface area contributed by atoms with Crippen LogP contribution in [0.1, 0.15) is 23.6 Å². The van der Waals surface area contributed by atoms with Crippen molar-refractivity contribution in [1.82, 2.24) is 0 Å². The number of carbonyl (C=O) groups excluding carboxylic acids is 1. The van der Waals surface area contributed by atoms with E-state index in [1.54, 1.807) is 54.6 Å². The van der Waals surface area contributed by atoms with Gasteiger partial charge in [0.15, 0.2) is 0 Å². The van der Waals surface area contributed by atoms with Gasteiger partial charge in [0.05, 0.1) is 18.2 Å². The summed E-state index contributed by atoms with van der Waals surface area (Å²) in [5.74, 6) is 0.635. The number of ether oxygens (including phenoxy) is 2. The number of nitrogens with one attached hydrogen (secondary N) is 1. The van der Waals surface area contributed by atoms with Gasteiger partial charge in [-0.15, -0.1) is 0 Å². The van der Waals surface area contributed by atoms with E-state index >= 15 is 0 Å². The van der Waals surface area contributed by atoms with Gasteiger partial charge in [-0.3, -0.25) is 4.79 Å². The highest BCUT2D eigenvalue weighted by Crippen LogP contribution is 2.27. The van der Waals surface area contributed by atoms with Gasteiger partial charge < -0.3 is 14.8 Å². The predicted octanol–water partition coefficient (Wildman–Crippen LogP) is 5.84. The lowest BCUT2D eigenvalue weighted by Crippen LogP contribution is -2.13. The van der Waals surface area contributed by atoms with Crippen LogP contribution in [0.5, 0.6) is 11.5 Å². The molecular weight excluding hydrogens is 482 g/mol. The number of carbonyl (C=O) groups is 1. The molecule has 164 valence electrons. The molecule has 0 aliphatic carbocycles. The summed E-state index contributed by atoms with van der Waals surface area (Å²) in [5.41, 5.74) is 2.29. The monoisotopic (exact) mass is 501 g/mol. The predicted molar refractivity (Wildman–Crippen MR) is 129 cm³/mol. The van der Waals surface area contributed by atoms with Crippen molar-refractivity contribution >= 4 is 33.6 Å². The van der Waals surface area contributed by atoms with Gasteiger partial charge in [-0.2, -0.15) is 10.5 Å². The maximum Gasteiger partial charge on any atom is 0.266 e. The zero-order valence-electron chi connectivity index (χ0n) is 17.8. The second kappa shape index (κ2) is 11.5. The second-order valence-electron chi connectivity index (χ2n) is 6.82. The van der Waals surface area contributed by atoms with E-state index in [9.17, 15) is 15.3 Å². The summed E-state index contributed by atoms with van der Waals surface area (Å²) in [7, 11) is 0. The minimum Gasteiger partial charge on any atom is -0.494 e. The Morgan fingerprint density at radius 2 is 1.82 bits per heavy atom. The van der Waals surface area contributed by atoms with Crippen LogP contribution >= 0.6 is 15.9 Å². The van der Waals surface area contributed by atoms with Gasteiger partial charge in [-0.25, -0.2) is 0 Å². The maximum atomic E-state index is 12.7. The molecule has 3 aromatic rings. The fraction of sp³-hybridized carbons (Fsp3) is 0.115. The van der Waals surface area contributed by atoms with Crippen LogP contribution in [0, 0.1) is 22.7 Å². The van der Waals surface area contributed by atoms with E-state index < -0.39 is 5.91 Å². The molecule has 6 nitrogen and oxygen atoms in total. The topological polar surface area (TPSA) is 95.1 Å². The molecule has 0 bridgehead atoms. The Morgan fingerprint density at radius 1 is 1.06 bits per heavy atom. The van der Waals surface area contributed by atoms with Crippen LogP contribution in [-0.2, 0) is 11.4 Å². The van der Waals surface area contributed by atoms with Crippen LogP contribution in [0.2, 0.25) is 0 Å². The summed E-state index contributed by atoms with van der Waals surface area (Å²) in [6.07, 6.45) is 1.47. The molecule has 0 saturated heterocycles. The number of rotatable bonds is 8. The zero-order chi connectivity index (χ0) is 23.6. The molecule has 7 heteroatoms.